The van der Waals surface area contributed by atoms with Crippen molar-refractivity contribution in [1.29, 1.82) is 0 Å². The molecule has 8 saturated carbocycles. The minimum absolute atomic E-state index is 0.0826. The molecule has 8 aliphatic carbocycles. The third-order valence-corrected chi connectivity index (χ3v) is 21.0. The maximum atomic E-state index is 5.02. The van der Waals surface area contributed by atoms with Crippen LogP contribution in [0.3, 0.4) is 0 Å². The molecule has 1 aromatic carbocycles. The SMILES string of the molecule is CC(C)(C)c1cc(CP(c2ccccn2)c2ccccn2)c(CP(C23CC4CC(CC(C4)C2)C3)C23CC4CC(CC(C4)C2)C3)cc1C(C)(C)C. The molecule has 2 heterocycles. The van der Waals surface area contributed by atoms with Crippen LogP contribution in [0.15, 0.2) is 60.9 Å². The Morgan fingerprint density at radius 1 is 0.540 bits per heavy atom. The monoisotopic (exact) mass is 704 g/mol. The predicted molar refractivity (Wildman–Crippen MR) is 215 cm³/mol. The fourth-order valence-electron chi connectivity index (χ4n) is 13.5. The van der Waals surface area contributed by atoms with Crippen molar-refractivity contribution in [3.63, 3.8) is 0 Å². The van der Waals surface area contributed by atoms with Gasteiger partial charge >= 0.3 is 0 Å². The largest absolute Gasteiger partial charge is 0.256 e. The molecule has 0 atom stereocenters. The highest BCUT2D eigenvalue weighted by molar-refractivity contribution is 7.71. The van der Waals surface area contributed by atoms with Gasteiger partial charge in [0.25, 0.3) is 0 Å². The first-order chi connectivity index (χ1) is 23.9. The van der Waals surface area contributed by atoms with Crippen LogP contribution in [0.25, 0.3) is 0 Å². The van der Waals surface area contributed by atoms with Crippen LogP contribution in [-0.4, -0.2) is 20.3 Å². The van der Waals surface area contributed by atoms with E-state index >= 15 is 0 Å². The molecule has 266 valence electrons. The molecule has 11 rings (SSSR count). The summed E-state index contributed by atoms with van der Waals surface area (Å²) in [7, 11) is -0.868. The predicted octanol–water partition coefficient (Wildman–Crippen LogP) is 11.6. The zero-order chi connectivity index (χ0) is 34.5. The highest BCUT2D eigenvalue weighted by Gasteiger charge is 2.62. The molecule has 3 aromatic rings. The fourth-order valence-corrected chi connectivity index (χ4v) is 20.8. The van der Waals surface area contributed by atoms with Gasteiger partial charge in [0, 0.05) is 26.5 Å². The van der Waals surface area contributed by atoms with Gasteiger partial charge < -0.3 is 0 Å². The maximum absolute atomic E-state index is 5.02. The Morgan fingerprint density at radius 3 is 1.22 bits per heavy atom. The molecule has 4 heteroatoms. The lowest BCUT2D eigenvalue weighted by molar-refractivity contribution is 0.0184. The minimum atomic E-state index is -0.723. The van der Waals surface area contributed by atoms with Crippen molar-refractivity contribution >= 4 is 26.7 Å². The summed E-state index contributed by atoms with van der Waals surface area (Å²) >= 11 is 0. The third kappa shape index (κ3) is 6.17. The standard InChI is InChI=1S/C46H62N2P2/c1-43(2,3)39-21-37(29-49(41-11-7-9-13-47-41)42-12-8-10-14-48-42)38(22-40(39)44(4,5)6)30-50(45-23-31-15-32(24-45)17-33(16-31)25-45)46-26-34-18-35(27-46)20-36(19-34)28-46/h7-14,21-22,31-36H,15-20,23-30H2,1-6H3. The number of hydrogen-bond acceptors (Lipinski definition) is 2. The summed E-state index contributed by atoms with van der Waals surface area (Å²) < 4.78 is 0. The van der Waals surface area contributed by atoms with Crippen molar-refractivity contribution in [2.24, 2.45) is 35.5 Å². The van der Waals surface area contributed by atoms with Crippen molar-refractivity contribution in [2.45, 2.75) is 152 Å². The maximum Gasteiger partial charge on any atom is 0.0695 e. The lowest BCUT2D eigenvalue weighted by Gasteiger charge is -2.67. The van der Waals surface area contributed by atoms with Crippen LogP contribution in [0.5, 0.6) is 0 Å². The molecular formula is C46H62N2P2. The molecule has 8 bridgehead atoms. The van der Waals surface area contributed by atoms with E-state index in [1.165, 1.54) is 17.0 Å². The second kappa shape index (κ2) is 12.5. The van der Waals surface area contributed by atoms with Gasteiger partial charge in [-0.1, -0.05) is 73.7 Å². The van der Waals surface area contributed by atoms with Crippen LogP contribution in [-0.2, 0) is 23.2 Å². The van der Waals surface area contributed by atoms with E-state index in [9.17, 15) is 0 Å². The van der Waals surface area contributed by atoms with Crippen molar-refractivity contribution in [1.82, 2.24) is 9.97 Å². The van der Waals surface area contributed by atoms with E-state index in [0.29, 0.717) is 10.3 Å². The van der Waals surface area contributed by atoms with E-state index in [4.69, 9.17) is 9.97 Å². The highest BCUT2D eigenvalue weighted by atomic mass is 31.1. The van der Waals surface area contributed by atoms with Crippen molar-refractivity contribution < 1.29 is 0 Å². The Labute approximate surface area is 306 Å². The number of hydrogen-bond donors (Lipinski definition) is 0. The summed E-state index contributed by atoms with van der Waals surface area (Å²) in [6.45, 7) is 14.7. The zero-order valence-corrected chi connectivity index (χ0v) is 33.7. The molecule has 8 aliphatic rings. The summed E-state index contributed by atoms with van der Waals surface area (Å²) in [5.74, 6) is 6.13. The van der Waals surface area contributed by atoms with E-state index in [1.807, 2.05) is 12.4 Å². The molecule has 0 aliphatic heterocycles. The van der Waals surface area contributed by atoms with Crippen LogP contribution in [0.2, 0.25) is 0 Å². The first-order valence-electron chi connectivity index (χ1n) is 20.4. The van der Waals surface area contributed by atoms with Crippen LogP contribution >= 0.6 is 15.8 Å². The van der Waals surface area contributed by atoms with Crippen molar-refractivity contribution in [2.75, 3.05) is 0 Å². The molecule has 50 heavy (non-hydrogen) atoms. The molecule has 2 nitrogen and oxygen atoms in total. The summed E-state index contributed by atoms with van der Waals surface area (Å²) in [5, 5.41) is 1.26. The Bertz CT molecular complexity index is 1550. The first kappa shape index (κ1) is 34.2. The quantitative estimate of drug-likeness (QED) is 0.218. The summed E-state index contributed by atoms with van der Waals surface area (Å²) in [5.41, 5.74) is 9.10. The van der Waals surface area contributed by atoms with Gasteiger partial charge in [0.2, 0.25) is 0 Å². The average Bonchev–Trinajstić information content (AvgIpc) is 3.04. The average molecular weight is 705 g/mol. The molecule has 0 N–H and O–H groups in total. The first-order valence-corrected chi connectivity index (χ1v) is 23.5. The van der Waals surface area contributed by atoms with Gasteiger partial charge in [-0.25, -0.2) is 0 Å². The number of nitrogens with zero attached hydrogens (tertiary/aromatic N) is 2. The van der Waals surface area contributed by atoms with Gasteiger partial charge in [0.15, 0.2) is 0 Å². The van der Waals surface area contributed by atoms with Crippen LogP contribution in [0, 0.1) is 35.5 Å². The van der Waals surface area contributed by atoms with Gasteiger partial charge in [-0.15, -0.1) is 0 Å². The van der Waals surface area contributed by atoms with Gasteiger partial charge in [0.1, 0.15) is 0 Å². The number of rotatable bonds is 8. The normalized spacial score (nSPS) is 34.9. The van der Waals surface area contributed by atoms with E-state index < -0.39 is 7.92 Å². The number of pyridine rings is 2. The van der Waals surface area contributed by atoms with Crippen molar-refractivity contribution in [3.8, 4) is 0 Å². The Morgan fingerprint density at radius 2 is 0.900 bits per heavy atom. The molecule has 0 radical (unpaired) electrons. The zero-order valence-electron chi connectivity index (χ0n) is 31.9. The minimum Gasteiger partial charge on any atom is -0.256 e. The van der Waals surface area contributed by atoms with Crippen LogP contribution < -0.4 is 10.9 Å². The Balaban J connectivity index is 1.21. The fraction of sp³-hybridized carbons (Fsp3) is 0.652. The lowest BCUT2D eigenvalue weighted by Crippen LogP contribution is -2.56. The van der Waals surface area contributed by atoms with E-state index in [2.05, 4.69) is 90.1 Å². The Kier molecular flexibility index (Phi) is 8.53. The molecule has 0 unspecified atom stereocenters. The molecule has 2 aromatic heterocycles. The van der Waals surface area contributed by atoms with E-state index in [-0.39, 0.29) is 18.8 Å². The molecule has 0 spiro atoms. The summed E-state index contributed by atoms with van der Waals surface area (Å²) in [6, 6.07) is 18.6. The lowest BCUT2D eigenvalue weighted by atomic mass is 9.55. The molecular weight excluding hydrogens is 642 g/mol. The van der Waals surface area contributed by atoms with Crippen molar-refractivity contribution in [3.05, 3.63) is 83.2 Å². The smallest absolute Gasteiger partial charge is 0.0695 e. The molecule has 0 saturated heterocycles. The molecule has 0 amide bonds. The van der Waals surface area contributed by atoms with E-state index in [0.717, 1.165) is 41.7 Å². The Hall–Kier alpha value is -1.62. The third-order valence-electron chi connectivity index (χ3n) is 14.6. The van der Waals surface area contributed by atoms with Gasteiger partial charge in [0.05, 0.1) is 10.9 Å². The molecule has 8 fully saturated rings. The summed E-state index contributed by atoms with van der Waals surface area (Å²) in [6.07, 6.45) is 25.2. The van der Waals surface area contributed by atoms with E-state index in [1.54, 1.807) is 99.3 Å². The van der Waals surface area contributed by atoms with Gasteiger partial charge in [-0.2, -0.15) is 0 Å². The van der Waals surface area contributed by atoms with Gasteiger partial charge in [-0.05, 0) is 186 Å². The van der Waals surface area contributed by atoms with Crippen LogP contribution in [0.1, 0.15) is 141 Å². The van der Waals surface area contributed by atoms with Gasteiger partial charge in [-0.3, -0.25) is 9.97 Å². The number of aromatic nitrogens is 2. The second-order valence-corrected chi connectivity index (χ2v) is 25.7. The highest BCUT2D eigenvalue weighted by Crippen LogP contribution is 2.79. The summed E-state index contributed by atoms with van der Waals surface area (Å²) in [4.78, 5) is 10.0. The number of benzene rings is 1. The second-order valence-electron chi connectivity index (χ2n) is 20.5. The van der Waals surface area contributed by atoms with Crippen LogP contribution in [0.4, 0.5) is 0 Å². The topological polar surface area (TPSA) is 25.8 Å².